The zero-order valence-electron chi connectivity index (χ0n) is 16.9. The Morgan fingerprint density at radius 2 is 1.79 bits per heavy atom. The maximum atomic E-state index is 12.2. The fraction of sp³-hybridized carbons (Fsp3) is 0.500. The second-order valence-corrected chi connectivity index (χ2v) is 8.64. The molecule has 5 nitrogen and oxygen atoms in total. The van der Waals surface area contributed by atoms with Gasteiger partial charge in [0, 0.05) is 37.4 Å². The molecular weight excluding hydrogens is 362 g/mol. The van der Waals surface area contributed by atoms with Crippen LogP contribution < -0.4 is 10.1 Å². The smallest absolute Gasteiger partial charge is 0.253 e. The molecule has 2 fully saturated rings. The molecular formula is C24H29N3O2. The number of nitrogens with zero attached hydrogens (tertiary/aromatic N) is 2. The Morgan fingerprint density at radius 1 is 1.00 bits per heavy atom. The summed E-state index contributed by atoms with van der Waals surface area (Å²) < 4.78 is 5.98. The number of hydrogen-bond donors (Lipinski definition) is 1. The number of carbonyl (C=O) groups is 1. The normalized spacial score (nSPS) is 20.1. The first-order valence-electron chi connectivity index (χ1n) is 11.1. The highest BCUT2D eigenvalue weighted by Gasteiger charge is 2.26. The average molecular weight is 392 g/mol. The molecule has 1 aromatic heterocycles. The molecule has 3 aliphatic rings. The van der Waals surface area contributed by atoms with Crippen molar-refractivity contribution in [2.45, 2.75) is 63.5 Å². The summed E-state index contributed by atoms with van der Waals surface area (Å²) in [6.07, 6.45) is 11.3. The van der Waals surface area contributed by atoms with Gasteiger partial charge in [-0.1, -0.05) is 12.5 Å². The molecule has 0 atom stereocenters. The number of hydrogen-bond acceptors (Lipinski definition) is 4. The van der Waals surface area contributed by atoms with E-state index in [4.69, 9.17) is 4.74 Å². The maximum absolute atomic E-state index is 12.2. The first kappa shape index (κ1) is 18.6. The number of rotatable bonds is 5. The summed E-state index contributed by atoms with van der Waals surface area (Å²) in [4.78, 5) is 19.2. The van der Waals surface area contributed by atoms with Gasteiger partial charge in [0.2, 0.25) is 5.88 Å². The van der Waals surface area contributed by atoms with Gasteiger partial charge >= 0.3 is 0 Å². The van der Waals surface area contributed by atoms with Crippen LogP contribution in [0.15, 0.2) is 36.5 Å². The lowest BCUT2D eigenvalue weighted by Crippen LogP contribution is -2.41. The summed E-state index contributed by atoms with van der Waals surface area (Å²) in [5.74, 6) is 1.30. The van der Waals surface area contributed by atoms with E-state index in [-0.39, 0.29) is 5.91 Å². The van der Waals surface area contributed by atoms with Crippen molar-refractivity contribution in [3.8, 4) is 11.6 Å². The van der Waals surface area contributed by atoms with Crippen LogP contribution >= 0.6 is 0 Å². The topological polar surface area (TPSA) is 54.5 Å². The van der Waals surface area contributed by atoms with Crippen molar-refractivity contribution in [2.75, 3.05) is 13.1 Å². The molecule has 0 unspecified atom stereocenters. The van der Waals surface area contributed by atoms with Crippen LogP contribution in [-0.2, 0) is 12.8 Å². The van der Waals surface area contributed by atoms with Gasteiger partial charge in [0.15, 0.2) is 0 Å². The number of amides is 1. The fourth-order valence-electron chi connectivity index (χ4n) is 4.42. The minimum absolute atomic E-state index is 0.0465. The van der Waals surface area contributed by atoms with Gasteiger partial charge in [-0.3, -0.25) is 9.69 Å². The third kappa shape index (κ3) is 4.15. The number of pyridine rings is 1. The Morgan fingerprint density at radius 3 is 2.45 bits per heavy atom. The first-order valence-corrected chi connectivity index (χ1v) is 11.1. The van der Waals surface area contributed by atoms with Crippen LogP contribution in [0.1, 0.15) is 60.0 Å². The molecule has 0 saturated heterocycles. The van der Waals surface area contributed by atoms with Crippen molar-refractivity contribution in [2.24, 2.45) is 0 Å². The molecule has 1 aliphatic heterocycles. The van der Waals surface area contributed by atoms with Gasteiger partial charge in [-0.05, 0) is 74.3 Å². The molecule has 2 heterocycles. The highest BCUT2D eigenvalue weighted by Crippen LogP contribution is 2.29. The molecule has 2 aromatic rings. The summed E-state index contributed by atoms with van der Waals surface area (Å²) in [6.45, 7) is 2.31. The van der Waals surface area contributed by atoms with Crippen molar-refractivity contribution in [3.05, 3.63) is 53.2 Å². The van der Waals surface area contributed by atoms with E-state index < -0.39 is 0 Å². The van der Waals surface area contributed by atoms with Crippen LogP contribution in [0.25, 0.3) is 0 Å². The maximum Gasteiger partial charge on any atom is 0.253 e. The Labute approximate surface area is 172 Å². The van der Waals surface area contributed by atoms with Gasteiger partial charge in [-0.15, -0.1) is 0 Å². The van der Waals surface area contributed by atoms with Gasteiger partial charge in [0.1, 0.15) is 5.75 Å². The fourth-order valence-corrected chi connectivity index (χ4v) is 4.42. The molecule has 2 aliphatic carbocycles. The zero-order valence-corrected chi connectivity index (χ0v) is 16.9. The molecule has 5 rings (SSSR count). The monoisotopic (exact) mass is 391 g/mol. The predicted molar refractivity (Wildman–Crippen MR) is 112 cm³/mol. The molecule has 0 spiro atoms. The van der Waals surface area contributed by atoms with E-state index >= 15 is 0 Å². The van der Waals surface area contributed by atoms with E-state index in [0.717, 1.165) is 44.0 Å². The van der Waals surface area contributed by atoms with E-state index in [1.54, 1.807) is 18.3 Å². The lowest BCUT2D eigenvalue weighted by atomic mass is 9.91. The standard InChI is InChI=1S/C24H29N3O2/c28-24(26-20-3-1-4-20)19-8-10-23(25-16-19)29-22-9-7-17-11-13-27(21-5-2-6-21)14-12-18(17)15-22/h7-10,15-16,20-21H,1-6,11-14H2,(H,26,28). The first-order chi connectivity index (χ1) is 14.2. The van der Waals surface area contributed by atoms with Crippen molar-refractivity contribution in [1.29, 1.82) is 0 Å². The predicted octanol–water partition coefficient (Wildman–Crippen LogP) is 4.11. The van der Waals surface area contributed by atoms with Gasteiger partial charge in [0.05, 0.1) is 5.56 Å². The van der Waals surface area contributed by atoms with Crippen molar-refractivity contribution in [1.82, 2.24) is 15.2 Å². The SMILES string of the molecule is O=C(NC1CCC1)c1ccc(Oc2ccc3c(c2)CCN(C2CCC2)CC3)nc1. The summed E-state index contributed by atoms with van der Waals surface area (Å²) in [5, 5.41) is 3.04. The molecule has 2 saturated carbocycles. The summed E-state index contributed by atoms with van der Waals surface area (Å²) in [7, 11) is 0. The molecule has 0 bridgehead atoms. The number of ether oxygens (including phenoxy) is 1. The van der Waals surface area contributed by atoms with Crippen LogP contribution in [-0.4, -0.2) is 41.0 Å². The third-order valence-electron chi connectivity index (χ3n) is 6.77. The number of fused-ring (bicyclic) bond motifs is 1. The molecule has 5 heteroatoms. The highest BCUT2D eigenvalue weighted by molar-refractivity contribution is 5.94. The van der Waals surface area contributed by atoms with E-state index in [1.807, 2.05) is 6.07 Å². The summed E-state index contributed by atoms with van der Waals surface area (Å²) in [5.41, 5.74) is 3.42. The van der Waals surface area contributed by atoms with E-state index in [9.17, 15) is 4.79 Å². The van der Waals surface area contributed by atoms with Gasteiger partial charge < -0.3 is 10.1 Å². The number of carbonyl (C=O) groups excluding carboxylic acids is 1. The van der Waals surface area contributed by atoms with Crippen LogP contribution in [0.5, 0.6) is 11.6 Å². The molecule has 1 amide bonds. The molecule has 1 N–H and O–H groups in total. The second-order valence-electron chi connectivity index (χ2n) is 8.64. The highest BCUT2D eigenvalue weighted by atomic mass is 16.5. The van der Waals surface area contributed by atoms with Crippen molar-refractivity contribution < 1.29 is 9.53 Å². The van der Waals surface area contributed by atoms with E-state index in [0.29, 0.717) is 17.5 Å². The van der Waals surface area contributed by atoms with Crippen LogP contribution in [0.3, 0.4) is 0 Å². The zero-order chi connectivity index (χ0) is 19.6. The molecule has 1 aromatic carbocycles. The summed E-state index contributed by atoms with van der Waals surface area (Å²) in [6, 6.07) is 11.1. The number of nitrogens with one attached hydrogen (secondary N) is 1. The quantitative estimate of drug-likeness (QED) is 0.833. The lowest BCUT2D eigenvalue weighted by molar-refractivity contribution is 0.0916. The largest absolute Gasteiger partial charge is 0.439 e. The van der Waals surface area contributed by atoms with Crippen molar-refractivity contribution in [3.63, 3.8) is 0 Å². The van der Waals surface area contributed by atoms with Crippen molar-refractivity contribution >= 4 is 5.91 Å². The Kier molecular flexibility index (Phi) is 5.23. The Hall–Kier alpha value is -2.40. The molecule has 29 heavy (non-hydrogen) atoms. The van der Waals surface area contributed by atoms with E-state index in [1.165, 1.54) is 43.4 Å². The molecule has 152 valence electrons. The Balaban J connectivity index is 1.22. The third-order valence-corrected chi connectivity index (χ3v) is 6.77. The van der Waals surface area contributed by atoms with Crippen LogP contribution in [0.2, 0.25) is 0 Å². The summed E-state index contributed by atoms with van der Waals surface area (Å²) >= 11 is 0. The minimum Gasteiger partial charge on any atom is -0.439 e. The van der Waals surface area contributed by atoms with Crippen LogP contribution in [0.4, 0.5) is 0 Å². The van der Waals surface area contributed by atoms with Crippen LogP contribution in [0, 0.1) is 0 Å². The Bertz CT molecular complexity index is 872. The number of benzene rings is 1. The number of aromatic nitrogens is 1. The van der Waals surface area contributed by atoms with E-state index in [2.05, 4.69) is 27.3 Å². The second kappa shape index (κ2) is 8.15. The molecule has 0 radical (unpaired) electrons. The average Bonchev–Trinajstić information content (AvgIpc) is 2.86. The van der Waals surface area contributed by atoms with Gasteiger partial charge in [-0.2, -0.15) is 0 Å². The minimum atomic E-state index is -0.0465. The lowest BCUT2D eigenvalue weighted by Gasteiger charge is -2.36. The van der Waals surface area contributed by atoms with Gasteiger partial charge in [-0.25, -0.2) is 4.98 Å². The van der Waals surface area contributed by atoms with Gasteiger partial charge in [0.25, 0.3) is 5.91 Å².